The van der Waals surface area contributed by atoms with Crippen LogP contribution in [-0.4, -0.2) is 81.8 Å². The molecule has 12 heteroatoms. The Morgan fingerprint density at radius 3 is 2.17 bits per heavy atom. The van der Waals surface area contributed by atoms with Gasteiger partial charge in [0, 0.05) is 11.1 Å². The van der Waals surface area contributed by atoms with Gasteiger partial charge < -0.3 is 33.9 Å². The summed E-state index contributed by atoms with van der Waals surface area (Å²) in [6.07, 6.45) is -7.54. The van der Waals surface area contributed by atoms with Crippen LogP contribution in [0.5, 0.6) is 0 Å². The predicted molar refractivity (Wildman–Crippen MR) is 152 cm³/mol. The molecule has 0 radical (unpaired) electrons. The molecule has 4 aliphatic heterocycles. The van der Waals surface area contributed by atoms with Crippen molar-refractivity contribution in [2.24, 2.45) is 28.1 Å². The summed E-state index contributed by atoms with van der Waals surface area (Å²) in [7, 11) is 0. The Balaban J connectivity index is 1.23. The lowest BCUT2D eigenvalue weighted by molar-refractivity contribution is -0.239. The quantitative estimate of drug-likeness (QED) is 0.285. The smallest absolute Gasteiger partial charge is 0.350 e. The largest absolute Gasteiger partial charge is 0.459 e. The Labute approximate surface area is 262 Å². The van der Waals surface area contributed by atoms with E-state index in [0.29, 0.717) is 11.1 Å². The number of benzene rings is 2. The van der Waals surface area contributed by atoms with Crippen LogP contribution in [0.25, 0.3) is 0 Å². The molecule has 2 N–H and O–H groups in total. The van der Waals surface area contributed by atoms with Crippen LogP contribution in [-0.2, 0) is 38.1 Å². The molecular formula is C34H32O12. The number of hydrogen-bond donors (Lipinski definition) is 2. The van der Waals surface area contributed by atoms with Crippen molar-refractivity contribution in [3.05, 3.63) is 71.3 Å². The van der Waals surface area contributed by atoms with Crippen molar-refractivity contribution in [2.75, 3.05) is 0 Å². The molecule has 4 heterocycles. The highest BCUT2D eigenvalue weighted by Crippen LogP contribution is 2.84. The number of ketones is 1. The molecule has 11 atom stereocenters. The highest BCUT2D eigenvalue weighted by atomic mass is 16.8. The monoisotopic (exact) mass is 632 g/mol. The summed E-state index contributed by atoms with van der Waals surface area (Å²) in [4.78, 5) is 67.1. The summed E-state index contributed by atoms with van der Waals surface area (Å²) < 4.78 is 29.5. The first-order valence-electron chi connectivity index (χ1n) is 15.3. The van der Waals surface area contributed by atoms with Crippen molar-refractivity contribution in [3.8, 4) is 0 Å². The SMILES string of the molecule is C[C@@H]1C(=O)OC2[C@H](O)[C@@]34C5C[C@@H](C(C)(C)C)C36C(OC(=O)[C@@H]6OC(=O)c3ccc(C(=O)c6ccccc6)cc3)OC4(C(=O)O5)C21O. The molecule has 6 aliphatic rings. The normalized spacial score (nSPS) is 42.9. The van der Waals surface area contributed by atoms with Gasteiger partial charge in [-0.05, 0) is 36.8 Å². The van der Waals surface area contributed by atoms with E-state index in [1.54, 1.807) is 30.3 Å². The number of esters is 4. The van der Waals surface area contributed by atoms with E-state index in [4.69, 9.17) is 23.7 Å². The zero-order valence-electron chi connectivity index (χ0n) is 25.4. The van der Waals surface area contributed by atoms with E-state index in [-0.39, 0.29) is 17.8 Å². The summed E-state index contributed by atoms with van der Waals surface area (Å²) in [6.45, 7) is 7.06. The number of ether oxygens (including phenoxy) is 5. The number of carbonyl (C=O) groups excluding carboxylic acids is 5. The molecule has 8 rings (SSSR count). The fraction of sp³-hybridized carbons (Fsp3) is 0.500. The summed E-state index contributed by atoms with van der Waals surface area (Å²) >= 11 is 0. The number of aliphatic hydroxyl groups is 2. The molecule has 2 aromatic rings. The molecule has 2 aromatic carbocycles. The Morgan fingerprint density at radius 1 is 0.891 bits per heavy atom. The van der Waals surface area contributed by atoms with Crippen LogP contribution in [0.15, 0.2) is 54.6 Å². The third-order valence-corrected chi connectivity index (χ3v) is 11.6. The maximum atomic E-state index is 13.9. The van der Waals surface area contributed by atoms with Gasteiger partial charge in [-0.3, -0.25) is 9.59 Å². The number of fused-ring (bicyclic) bond motifs is 1. The van der Waals surface area contributed by atoms with Gasteiger partial charge in [0.15, 0.2) is 17.5 Å². The Morgan fingerprint density at radius 2 is 1.52 bits per heavy atom. The van der Waals surface area contributed by atoms with Crippen LogP contribution in [0, 0.1) is 28.1 Å². The van der Waals surface area contributed by atoms with Gasteiger partial charge in [-0.2, -0.15) is 0 Å². The average Bonchev–Trinajstić information content (AvgIpc) is 3.75. The predicted octanol–water partition coefficient (Wildman–Crippen LogP) is 1.73. The van der Waals surface area contributed by atoms with Crippen LogP contribution in [0.1, 0.15) is 60.4 Å². The van der Waals surface area contributed by atoms with E-state index in [1.807, 2.05) is 20.8 Å². The first-order chi connectivity index (χ1) is 21.7. The second-order valence-electron chi connectivity index (χ2n) is 14.3. The standard InChI is InChI=1S/C34H32O12/c1-15-25(37)43-23-22(36)32-20-14-19(30(2,3)4)31(32)24(27(39)45-29(31)46-34(32,28(40)42-20)33(15,23)41)44-26(38)18-12-10-17(11-13-18)21(35)16-8-6-5-7-9-16/h5-13,15,19-20,22-24,29,36,41H,14H2,1-4H3/t15-,19+,20?,22+,23?,24+,29?,31?,32+,33?,34?/m1/s1. The van der Waals surface area contributed by atoms with Crippen LogP contribution >= 0.6 is 0 Å². The van der Waals surface area contributed by atoms with Crippen molar-refractivity contribution in [3.63, 3.8) is 0 Å². The number of hydrogen-bond acceptors (Lipinski definition) is 12. The van der Waals surface area contributed by atoms with E-state index in [2.05, 4.69) is 0 Å². The highest BCUT2D eigenvalue weighted by molar-refractivity contribution is 6.09. The van der Waals surface area contributed by atoms with E-state index in [0.717, 1.165) is 0 Å². The van der Waals surface area contributed by atoms with Crippen molar-refractivity contribution in [1.29, 1.82) is 0 Å². The molecule has 240 valence electrons. The Hall–Kier alpha value is -4.13. The summed E-state index contributed by atoms with van der Waals surface area (Å²) in [5, 5.41) is 24.5. The lowest BCUT2D eigenvalue weighted by atomic mass is 9.51. The minimum absolute atomic E-state index is 0.0329. The molecule has 6 fully saturated rings. The molecule has 2 saturated carbocycles. The van der Waals surface area contributed by atoms with Crippen LogP contribution in [0.3, 0.4) is 0 Å². The maximum Gasteiger partial charge on any atom is 0.350 e. The molecule has 0 amide bonds. The fourth-order valence-corrected chi connectivity index (χ4v) is 9.93. The number of rotatable bonds is 4. The molecule has 2 spiro atoms. The van der Waals surface area contributed by atoms with E-state index >= 15 is 0 Å². The average molecular weight is 633 g/mol. The van der Waals surface area contributed by atoms with Crippen LogP contribution < -0.4 is 0 Å². The van der Waals surface area contributed by atoms with Crippen molar-refractivity contribution >= 4 is 29.7 Å². The van der Waals surface area contributed by atoms with Gasteiger partial charge in [0.05, 0.1) is 22.3 Å². The minimum atomic E-state index is -2.37. The van der Waals surface area contributed by atoms with Crippen LogP contribution in [0.4, 0.5) is 0 Å². The second kappa shape index (κ2) is 8.81. The van der Waals surface area contributed by atoms with E-state index < -0.39 is 93.9 Å². The number of carbonyl (C=O) groups is 5. The molecule has 46 heavy (non-hydrogen) atoms. The summed E-state index contributed by atoms with van der Waals surface area (Å²) in [5.41, 5.74) is -8.19. The van der Waals surface area contributed by atoms with E-state index in [9.17, 15) is 34.2 Å². The molecular weight excluding hydrogens is 600 g/mol. The van der Waals surface area contributed by atoms with Gasteiger partial charge >= 0.3 is 23.9 Å². The van der Waals surface area contributed by atoms with Crippen molar-refractivity contribution in [2.45, 2.75) is 76.0 Å². The highest BCUT2D eigenvalue weighted by Gasteiger charge is 3.04. The van der Waals surface area contributed by atoms with Gasteiger partial charge in [0.25, 0.3) is 0 Å². The maximum absolute atomic E-state index is 13.9. The van der Waals surface area contributed by atoms with Crippen molar-refractivity contribution < 1.29 is 57.9 Å². The molecule has 0 bridgehead atoms. The lowest BCUT2D eigenvalue weighted by Gasteiger charge is -2.48. The van der Waals surface area contributed by atoms with Crippen LogP contribution in [0.2, 0.25) is 0 Å². The van der Waals surface area contributed by atoms with Crippen molar-refractivity contribution in [1.82, 2.24) is 0 Å². The van der Waals surface area contributed by atoms with Gasteiger partial charge in [-0.25, -0.2) is 14.4 Å². The van der Waals surface area contributed by atoms with Gasteiger partial charge in [-0.1, -0.05) is 63.2 Å². The third-order valence-electron chi connectivity index (χ3n) is 11.6. The molecule has 4 saturated heterocycles. The molecule has 0 aromatic heterocycles. The topological polar surface area (TPSA) is 172 Å². The Bertz CT molecular complexity index is 1730. The molecule has 2 aliphatic carbocycles. The lowest BCUT2D eigenvalue weighted by Crippen LogP contribution is -2.67. The number of aliphatic hydroxyl groups excluding tert-OH is 1. The second-order valence-corrected chi connectivity index (χ2v) is 14.3. The fourth-order valence-electron chi connectivity index (χ4n) is 9.93. The Kier molecular flexibility index (Phi) is 5.61. The zero-order valence-corrected chi connectivity index (χ0v) is 25.4. The molecule has 12 nitrogen and oxygen atoms in total. The first-order valence-corrected chi connectivity index (χ1v) is 15.3. The third kappa shape index (κ3) is 2.91. The minimum Gasteiger partial charge on any atom is -0.459 e. The summed E-state index contributed by atoms with van der Waals surface area (Å²) in [5.74, 6) is -5.89. The van der Waals surface area contributed by atoms with Gasteiger partial charge in [0.2, 0.25) is 18.0 Å². The zero-order chi connectivity index (χ0) is 32.8. The molecule has 6 unspecified atom stereocenters. The van der Waals surface area contributed by atoms with Gasteiger partial charge in [0.1, 0.15) is 12.2 Å². The summed E-state index contributed by atoms with van der Waals surface area (Å²) in [6, 6.07) is 14.4. The van der Waals surface area contributed by atoms with Gasteiger partial charge in [-0.15, -0.1) is 0 Å². The van der Waals surface area contributed by atoms with E-state index in [1.165, 1.54) is 31.2 Å². The first kappa shape index (κ1) is 29.3.